The van der Waals surface area contributed by atoms with Crippen molar-refractivity contribution in [2.75, 3.05) is 19.7 Å². The van der Waals surface area contributed by atoms with Crippen LogP contribution in [0.5, 0.6) is 5.75 Å². The molecule has 2 rings (SSSR count). The first kappa shape index (κ1) is 20.4. The van der Waals surface area contributed by atoms with Crippen molar-refractivity contribution in [3.8, 4) is 5.75 Å². The van der Waals surface area contributed by atoms with Crippen LogP contribution in [0.25, 0.3) is 0 Å². The van der Waals surface area contributed by atoms with Gasteiger partial charge in [-0.05, 0) is 37.4 Å². The Hall–Kier alpha value is -0.680. The third-order valence-corrected chi connectivity index (χ3v) is 4.70. The minimum atomic E-state index is 0. The molecule has 0 saturated carbocycles. The van der Waals surface area contributed by atoms with Crippen molar-refractivity contribution in [1.29, 1.82) is 0 Å². The summed E-state index contributed by atoms with van der Waals surface area (Å²) in [5.74, 6) is 1.15. The molecule has 2 unspecified atom stereocenters. The van der Waals surface area contributed by atoms with Gasteiger partial charge in [-0.2, -0.15) is 0 Å². The number of ether oxygens (including phenoxy) is 1. The van der Waals surface area contributed by atoms with E-state index in [1.165, 1.54) is 0 Å². The number of halogens is 3. The van der Waals surface area contributed by atoms with Crippen molar-refractivity contribution in [1.82, 2.24) is 10.6 Å². The van der Waals surface area contributed by atoms with Gasteiger partial charge in [-0.1, -0.05) is 36.2 Å². The number of rotatable bonds is 6. The highest BCUT2D eigenvalue weighted by atomic mass is 35.5. The minimum absolute atomic E-state index is 0. The highest BCUT2D eigenvalue weighted by Crippen LogP contribution is 2.31. The van der Waals surface area contributed by atoms with Crippen LogP contribution in [0, 0.1) is 5.92 Å². The summed E-state index contributed by atoms with van der Waals surface area (Å²) in [6.07, 6.45) is 2.19. The lowest BCUT2D eigenvalue weighted by molar-refractivity contribution is -0.122. The Morgan fingerprint density at radius 3 is 2.96 bits per heavy atom. The zero-order chi connectivity index (χ0) is 15.9. The topological polar surface area (TPSA) is 50.4 Å². The average molecular weight is 382 g/mol. The Morgan fingerprint density at radius 2 is 2.22 bits per heavy atom. The van der Waals surface area contributed by atoms with Gasteiger partial charge in [0.25, 0.3) is 0 Å². The molecule has 1 aromatic rings. The number of amides is 1. The van der Waals surface area contributed by atoms with Crippen molar-refractivity contribution in [3.05, 3.63) is 28.2 Å². The molecule has 0 spiro atoms. The second-order valence-electron chi connectivity index (χ2n) is 5.65. The van der Waals surface area contributed by atoms with E-state index in [9.17, 15) is 4.79 Å². The fourth-order valence-electron chi connectivity index (χ4n) is 2.47. The fraction of sp³-hybridized carbons (Fsp3) is 0.562. The Kier molecular flexibility index (Phi) is 9.07. The smallest absolute Gasteiger partial charge is 0.220 e. The van der Waals surface area contributed by atoms with Gasteiger partial charge in [0.05, 0.1) is 11.6 Å². The molecule has 1 fully saturated rings. The lowest BCUT2D eigenvalue weighted by Gasteiger charge is -2.30. The summed E-state index contributed by atoms with van der Waals surface area (Å²) >= 11 is 12.0. The van der Waals surface area contributed by atoms with Crippen molar-refractivity contribution < 1.29 is 9.53 Å². The summed E-state index contributed by atoms with van der Waals surface area (Å²) in [6, 6.07) is 5.49. The van der Waals surface area contributed by atoms with Gasteiger partial charge in [0.2, 0.25) is 5.91 Å². The molecule has 1 heterocycles. The van der Waals surface area contributed by atoms with Crippen LogP contribution in [-0.4, -0.2) is 31.6 Å². The predicted molar refractivity (Wildman–Crippen MR) is 97.0 cm³/mol. The molecule has 7 heteroatoms. The van der Waals surface area contributed by atoms with E-state index >= 15 is 0 Å². The quantitative estimate of drug-likeness (QED) is 0.739. The highest BCUT2D eigenvalue weighted by Gasteiger charge is 2.22. The van der Waals surface area contributed by atoms with Crippen molar-refractivity contribution in [3.63, 3.8) is 0 Å². The molecule has 2 N–H and O–H groups in total. The number of carbonyl (C=O) groups excluding carboxylic acids is 1. The van der Waals surface area contributed by atoms with Gasteiger partial charge in [0.1, 0.15) is 10.8 Å². The standard InChI is InChI=1S/C16H22Cl2N2O2.ClH/c1-11-7-8-19-10-13(11)20-15(21)6-3-9-22-14-5-2-4-12(17)16(14)18;/h2,4-5,11,13,19H,3,6-10H2,1H3,(H,20,21);1H. The van der Waals surface area contributed by atoms with Crippen LogP contribution in [0.3, 0.4) is 0 Å². The number of nitrogens with one attached hydrogen (secondary N) is 2. The van der Waals surface area contributed by atoms with E-state index in [2.05, 4.69) is 17.6 Å². The third kappa shape index (κ3) is 6.38. The molecule has 0 bridgehead atoms. The van der Waals surface area contributed by atoms with Gasteiger partial charge < -0.3 is 15.4 Å². The van der Waals surface area contributed by atoms with Gasteiger partial charge in [0, 0.05) is 19.0 Å². The van der Waals surface area contributed by atoms with Gasteiger partial charge in [-0.3, -0.25) is 4.79 Å². The van der Waals surface area contributed by atoms with E-state index in [-0.39, 0.29) is 24.4 Å². The van der Waals surface area contributed by atoms with Gasteiger partial charge in [0.15, 0.2) is 0 Å². The van der Waals surface area contributed by atoms with Gasteiger partial charge >= 0.3 is 0 Å². The zero-order valence-electron chi connectivity index (χ0n) is 13.1. The summed E-state index contributed by atoms with van der Waals surface area (Å²) in [6.45, 7) is 4.49. The van der Waals surface area contributed by atoms with E-state index in [4.69, 9.17) is 27.9 Å². The second-order valence-corrected chi connectivity index (χ2v) is 6.43. The van der Waals surface area contributed by atoms with E-state index < -0.39 is 0 Å². The Bertz CT molecular complexity index is 514. The van der Waals surface area contributed by atoms with E-state index in [1.54, 1.807) is 18.2 Å². The molecule has 4 nitrogen and oxygen atoms in total. The third-order valence-electron chi connectivity index (χ3n) is 3.90. The maximum absolute atomic E-state index is 11.9. The second kappa shape index (κ2) is 10.2. The molecule has 1 aliphatic heterocycles. The number of piperidine rings is 1. The number of carbonyl (C=O) groups is 1. The predicted octanol–water partition coefficient (Wildman–Crippen LogP) is 3.69. The first-order chi connectivity index (χ1) is 10.6. The summed E-state index contributed by atoms with van der Waals surface area (Å²) in [5, 5.41) is 7.27. The maximum Gasteiger partial charge on any atom is 0.220 e. The van der Waals surface area contributed by atoms with Crippen LogP contribution in [0.15, 0.2) is 18.2 Å². The zero-order valence-corrected chi connectivity index (χ0v) is 15.4. The number of benzene rings is 1. The van der Waals surface area contributed by atoms with Crippen LogP contribution in [-0.2, 0) is 4.79 Å². The molecule has 23 heavy (non-hydrogen) atoms. The molecular formula is C16H23Cl3N2O2. The molecule has 130 valence electrons. The minimum Gasteiger partial charge on any atom is -0.492 e. The maximum atomic E-state index is 11.9. The lowest BCUT2D eigenvalue weighted by atomic mass is 9.95. The average Bonchev–Trinajstić information content (AvgIpc) is 2.50. The normalized spacial score (nSPS) is 20.5. The molecule has 1 saturated heterocycles. The van der Waals surface area contributed by atoms with Crippen LogP contribution in [0.2, 0.25) is 10.0 Å². The van der Waals surface area contributed by atoms with E-state index in [0.29, 0.717) is 41.2 Å². The molecular weight excluding hydrogens is 359 g/mol. The van der Waals surface area contributed by atoms with Crippen molar-refractivity contribution in [2.45, 2.75) is 32.2 Å². The van der Waals surface area contributed by atoms with Crippen LogP contribution < -0.4 is 15.4 Å². The van der Waals surface area contributed by atoms with Gasteiger partial charge in [-0.15, -0.1) is 12.4 Å². The molecule has 0 aromatic heterocycles. The van der Waals surface area contributed by atoms with Gasteiger partial charge in [-0.25, -0.2) is 0 Å². The monoisotopic (exact) mass is 380 g/mol. The molecule has 1 aliphatic rings. The number of hydrogen-bond acceptors (Lipinski definition) is 3. The number of hydrogen-bond donors (Lipinski definition) is 2. The molecule has 0 radical (unpaired) electrons. The van der Waals surface area contributed by atoms with Crippen molar-refractivity contribution >= 4 is 41.5 Å². The molecule has 1 aromatic carbocycles. The van der Waals surface area contributed by atoms with E-state index in [0.717, 1.165) is 19.5 Å². The summed E-state index contributed by atoms with van der Waals surface area (Å²) < 4.78 is 5.57. The molecule has 1 amide bonds. The molecule has 0 aliphatic carbocycles. The fourth-order valence-corrected chi connectivity index (χ4v) is 2.82. The van der Waals surface area contributed by atoms with Crippen molar-refractivity contribution in [2.24, 2.45) is 5.92 Å². The Morgan fingerprint density at radius 1 is 1.43 bits per heavy atom. The van der Waals surface area contributed by atoms with Crippen LogP contribution >= 0.6 is 35.6 Å². The summed E-state index contributed by atoms with van der Waals surface area (Å²) in [4.78, 5) is 11.9. The van der Waals surface area contributed by atoms with Crippen LogP contribution in [0.4, 0.5) is 0 Å². The Balaban J connectivity index is 0.00000264. The SMILES string of the molecule is CC1CCNCC1NC(=O)CCCOc1cccc(Cl)c1Cl.Cl. The first-order valence-corrected chi connectivity index (χ1v) is 8.40. The van der Waals surface area contributed by atoms with E-state index in [1.807, 2.05) is 0 Å². The highest BCUT2D eigenvalue weighted by molar-refractivity contribution is 6.42. The first-order valence-electron chi connectivity index (χ1n) is 7.65. The Labute approximate surface area is 153 Å². The molecule has 2 atom stereocenters. The summed E-state index contributed by atoms with van der Waals surface area (Å²) in [5.41, 5.74) is 0. The largest absolute Gasteiger partial charge is 0.492 e. The lowest BCUT2D eigenvalue weighted by Crippen LogP contribution is -2.50. The summed E-state index contributed by atoms with van der Waals surface area (Å²) in [7, 11) is 0. The van der Waals surface area contributed by atoms with Crippen LogP contribution in [0.1, 0.15) is 26.2 Å².